The fourth-order valence-electron chi connectivity index (χ4n) is 0.964. The molecule has 0 aliphatic carbocycles. The van der Waals surface area contributed by atoms with Crippen LogP contribution in [0.25, 0.3) is 0 Å². The number of nitrogens with one attached hydrogen (secondary N) is 1. The zero-order valence-corrected chi connectivity index (χ0v) is 5.91. The quantitative estimate of drug-likeness (QED) is 0.493. The summed E-state index contributed by atoms with van der Waals surface area (Å²) in [6, 6.07) is 0.685. The minimum Gasteiger partial charge on any atom is -0.313 e. The second kappa shape index (κ2) is 2.70. The van der Waals surface area contributed by atoms with E-state index in [4.69, 9.17) is 11.6 Å². The van der Waals surface area contributed by atoms with Crippen molar-refractivity contribution in [3.05, 3.63) is 0 Å². The summed E-state index contributed by atoms with van der Waals surface area (Å²) in [5.41, 5.74) is 0. The molecule has 1 rings (SSSR count). The summed E-state index contributed by atoms with van der Waals surface area (Å²) < 4.78 is 0. The average Bonchev–Trinajstić information content (AvgIpc) is 1.77. The van der Waals surface area contributed by atoms with Crippen molar-refractivity contribution in [2.24, 2.45) is 0 Å². The highest BCUT2D eigenvalue weighted by molar-refractivity contribution is 6.20. The summed E-state index contributed by atoms with van der Waals surface area (Å²) in [7, 11) is 0. The van der Waals surface area contributed by atoms with Gasteiger partial charge in [0, 0.05) is 18.0 Å². The molecule has 2 atom stereocenters. The molecule has 0 amide bonds. The van der Waals surface area contributed by atoms with E-state index in [2.05, 4.69) is 12.2 Å². The normalized spacial score (nSPS) is 39.8. The van der Waals surface area contributed by atoms with Gasteiger partial charge in [-0.3, -0.25) is 0 Å². The number of hydrogen-bond donors (Lipinski definition) is 1. The van der Waals surface area contributed by atoms with Gasteiger partial charge in [0.2, 0.25) is 0 Å². The summed E-state index contributed by atoms with van der Waals surface area (Å²) in [6.07, 6.45) is 2.41. The van der Waals surface area contributed by atoms with Gasteiger partial charge in [0.05, 0.1) is 0 Å². The largest absolute Gasteiger partial charge is 0.313 e. The van der Waals surface area contributed by atoms with Crippen molar-refractivity contribution in [3.8, 4) is 0 Å². The molecule has 0 saturated carbocycles. The van der Waals surface area contributed by atoms with Gasteiger partial charge >= 0.3 is 0 Å². The van der Waals surface area contributed by atoms with Crippen molar-refractivity contribution in [2.75, 3.05) is 6.54 Å². The molecule has 0 unspecified atom stereocenters. The van der Waals surface area contributed by atoms with Crippen LogP contribution in [0, 0.1) is 0 Å². The monoisotopic (exact) mass is 133 g/mol. The Kier molecular flexibility index (Phi) is 2.15. The third kappa shape index (κ3) is 1.64. The SMILES string of the molecule is C[C@H]1CC[C@H](Cl)CN1. The molecule has 1 saturated heterocycles. The second-order valence-corrected chi connectivity index (χ2v) is 3.10. The molecule has 0 spiro atoms. The summed E-state index contributed by atoms with van der Waals surface area (Å²) in [5, 5.41) is 3.68. The van der Waals surface area contributed by atoms with Crippen LogP contribution in [0.15, 0.2) is 0 Å². The van der Waals surface area contributed by atoms with Crippen LogP contribution in [0.2, 0.25) is 0 Å². The standard InChI is InChI=1S/C6H12ClN/c1-5-2-3-6(7)4-8-5/h5-6,8H,2-4H2,1H3/t5-,6-/m0/s1. The third-order valence-corrected chi connectivity index (χ3v) is 1.97. The molecule has 1 N–H and O–H groups in total. The molecule has 1 heterocycles. The van der Waals surface area contributed by atoms with Gasteiger partial charge in [0.25, 0.3) is 0 Å². The van der Waals surface area contributed by atoms with Crippen LogP contribution in [0.5, 0.6) is 0 Å². The molecule has 0 bridgehead atoms. The lowest BCUT2D eigenvalue weighted by molar-refractivity contribution is 0.430. The minimum atomic E-state index is 0.381. The van der Waals surface area contributed by atoms with Gasteiger partial charge < -0.3 is 5.32 Å². The van der Waals surface area contributed by atoms with Gasteiger partial charge in [-0.1, -0.05) is 0 Å². The predicted octanol–water partition coefficient (Wildman–Crippen LogP) is 1.37. The van der Waals surface area contributed by atoms with E-state index >= 15 is 0 Å². The summed E-state index contributed by atoms with van der Waals surface area (Å²) in [4.78, 5) is 0. The first-order chi connectivity index (χ1) is 3.79. The van der Waals surface area contributed by atoms with Gasteiger partial charge in [-0.15, -0.1) is 11.6 Å². The Morgan fingerprint density at radius 2 is 2.25 bits per heavy atom. The molecule has 0 aromatic heterocycles. The van der Waals surface area contributed by atoms with Crippen molar-refractivity contribution in [1.82, 2.24) is 5.32 Å². The molecule has 0 radical (unpaired) electrons. The molecular formula is C6H12ClN. The van der Waals surface area contributed by atoms with Crippen LogP contribution in [0.1, 0.15) is 19.8 Å². The Bertz CT molecular complexity index is 56.9. The van der Waals surface area contributed by atoms with Crippen molar-refractivity contribution in [2.45, 2.75) is 31.2 Å². The van der Waals surface area contributed by atoms with Gasteiger partial charge in [-0.05, 0) is 19.8 Å². The number of alkyl halides is 1. The van der Waals surface area contributed by atoms with E-state index in [-0.39, 0.29) is 0 Å². The molecule has 0 aromatic carbocycles. The molecule has 2 heteroatoms. The summed E-state index contributed by atoms with van der Waals surface area (Å²) in [6.45, 7) is 3.19. The van der Waals surface area contributed by atoms with Crippen molar-refractivity contribution in [3.63, 3.8) is 0 Å². The lowest BCUT2D eigenvalue weighted by Crippen LogP contribution is -2.37. The number of rotatable bonds is 0. The van der Waals surface area contributed by atoms with Gasteiger partial charge in [-0.25, -0.2) is 0 Å². The Labute approximate surface area is 55.4 Å². The van der Waals surface area contributed by atoms with E-state index in [9.17, 15) is 0 Å². The zero-order valence-electron chi connectivity index (χ0n) is 5.15. The fourth-order valence-corrected chi connectivity index (χ4v) is 1.18. The van der Waals surface area contributed by atoms with Crippen molar-refractivity contribution < 1.29 is 0 Å². The maximum absolute atomic E-state index is 5.82. The van der Waals surface area contributed by atoms with Crippen LogP contribution < -0.4 is 5.32 Å². The first kappa shape index (κ1) is 6.37. The van der Waals surface area contributed by atoms with Crippen LogP contribution in [-0.4, -0.2) is 18.0 Å². The summed E-state index contributed by atoms with van der Waals surface area (Å²) in [5.74, 6) is 0. The number of halogens is 1. The van der Waals surface area contributed by atoms with E-state index < -0.39 is 0 Å². The van der Waals surface area contributed by atoms with Gasteiger partial charge in [0.1, 0.15) is 0 Å². The van der Waals surface area contributed by atoms with Gasteiger partial charge in [0.15, 0.2) is 0 Å². The highest BCUT2D eigenvalue weighted by atomic mass is 35.5. The van der Waals surface area contributed by atoms with E-state index in [1.807, 2.05) is 0 Å². The molecule has 1 aliphatic heterocycles. The lowest BCUT2D eigenvalue weighted by atomic mass is 10.1. The minimum absolute atomic E-state index is 0.381. The Morgan fingerprint density at radius 3 is 2.62 bits per heavy atom. The van der Waals surface area contributed by atoms with Crippen molar-refractivity contribution in [1.29, 1.82) is 0 Å². The Morgan fingerprint density at radius 1 is 1.50 bits per heavy atom. The van der Waals surface area contributed by atoms with Gasteiger partial charge in [-0.2, -0.15) is 0 Å². The molecular weight excluding hydrogens is 122 g/mol. The third-order valence-electron chi connectivity index (χ3n) is 1.60. The van der Waals surface area contributed by atoms with Crippen LogP contribution in [0.3, 0.4) is 0 Å². The van der Waals surface area contributed by atoms with Crippen LogP contribution in [-0.2, 0) is 0 Å². The number of piperidine rings is 1. The lowest BCUT2D eigenvalue weighted by Gasteiger charge is -2.22. The molecule has 1 nitrogen and oxygen atoms in total. The molecule has 8 heavy (non-hydrogen) atoms. The summed E-state index contributed by atoms with van der Waals surface area (Å²) >= 11 is 5.82. The number of hydrogen-bond acceptors (Lipinski definition) is 1. The topological polar surface area (TPSA) is 12.0 Å². The predicted molar refractivity (Wildman–Crippen MR) is 36.3 cm³/mol. The molecule has 1 aliphatic rings. The maximum atomic E-state index is 5.82. The first-order valence-corrected chi connectivity index (χ1v) is 3.60. The Balaban J connectivity index is 2.19. The van der Waals surface area contributed by atoms with Crippen LogP contribution >= 0.6 is 11.6 Å². The molecule has 0 aromatic rings. The maximum Gasteiger partial charge on any atom is 0.0461 e. The molecule has 48 valence electrons. The van der Waals surface area contributed by atoms with Crippen LogP contribution in [0.4, 0.5) is 0 Å². The Hall–Kier alpha value is 0.250. The van der Waals surface area contributed by atoms with E-state index in [1.165, 1.54) is 12.8 Å². The smallest absolute Gasteiger partial charge is 0.0461 e. The van der Waals surface area contributed by atoms with E-state index in [1.54, 1.807) is 0 Å². The first-order valence-electron chi connectivity index (χ1n) is 3.16. The van der Waals surface area contributed by atoms with E-state index in [0.717, 1.165) is 6.54 Å². The van der Waals surface area contributed by atoms with E-state index in [0.29, 0.717) is 11.4 Å². The highest BCUT2D eigenvalue weighted by Crippen LogP contribution is 2.11. The highest BCUT2D eigenvalue weighted by Gasteiger charge is 2.13. The average molecular weight is 134 g/mol. The van der Waals surface area contributed by atoms with Crippen molar-refractivity contribution >= 4 is 11.6 Å². The second-order valence-electron chi connectivity index (χ2n) is 2.48. The molecule has 1 fully saturated rings. The fraction of sp³-hybridized carbons (Fsp3) is 1.00. The zero-order chi connectivity index (χ0) is 5.98.